The van der Waals surface area contributed by atoms with E-state index in [0.29, 0.717) is 29.6 Å². The summed E-state index contributed by atoms with van der Waals surface area (Å²) in [5.41, 5.74) is 1.67. The maximum atomic E-state index is 12.5. The fourth-order valence-electron chi connectivity index (χ4n) is 3.61. The number of amides is 2. The molecule has 0 bridgehead atoms. The highest BCUT2D eigenvalue weighted by Crippen LogP contribution is 2.34. The molecule has 1 aliphatic rings. The number of carbonyl (C=O) groups is 2. The second kappa shape index (κ2) is 10.2. The van der Waals surface area contributed by atoms with Crippen LogP contribution in [0.25, 0.3) is 10.2 Å². The summed E-state index contributed by atoms with van der Waals surface area (Å²) < 4.78 is 5.44. The molecule has 0 atom stereocenters. The minimum Gasteiger partial charge on any atom is -0.484 e. The fraction of sp³-hybridized carbons (Fsp3) is 0.364. The Labute approximate surface area is 193 Å². The lowest BCUT2D eigenvalue weighted by Gasteiger charge is -2.09. The van der Waals surface area contributed by atoms with Gasteiger partial charge in [-0.25, -0.2) is 4.98 Å². The van der Waals surface area contributed by atoms with Crippen LogP contribution in [0.3, 0.4) is 0 Å². The molecule has 4 rings (SSSR count). The van der Waals surface area contributed by atoms with E-state index < -0.39 is 0 Å². The number of nitrogens with zero attached hydrogens (tertiary/aromatic N) is 1. The van der Waals surface area contributed by atoms with Gasteiger partial charge in [-0.2, -0.15) is 0 Å². The zero-order valence-corrected chi connectivity index (χ0v) is 19.3. The maximum Gasteiger partial charge on any atom is 0.259 e. The molecule has 0 fully saturated rings. The zero-order valence-electron chi connectivity index (χ0n) is 17.7. The number of aryl methyl sites for hydroxylation is 2. The van der Waals surface area contributed by atoms with Gasteiger partial charge in [0, 0.05) is 23.2 Å². The number of hydrogen-bond donors (Lipinski definition) is 3. The van der Waals surface area contributed by atoms with Crippen LogP contribution < -0.4 is 20.9 Å². The Morgan fingerprint density at radius 3 is 3.00 bits per heavy atom. The van der Waals surface area contributed by atoms with Gasteiger partial charge in [0.15, 0.2) is 6.61 Å². The van der Waals surface area contributed by atoms with Gasteiger partial charge in [0.1, 0.15) is 16.4 Å². The first-order valence-corrected chi connectivity index (χ1v) is 12.4. The highest BCUT2D eigenvalue weighted by atomic mass is 32.2. The van der Waals surface area contributed by atoms with Crippen LogP contribution in [0, 0.1) is 0 Å². The van der Waals surface area contributed by atoms with Crippen molar-refractivity contribution in [3.8, 4) is 5.75 Å². The molecular formula is C22H24N4O4S2. The summed E-state index contributed by atoms with van der Waals surface area (Å²) in [6.45, 7) is 2.30. The Balaban J connectivity index is 1.29. The van der Waals surface area contributed by atoms with Gasteiger partial charge in [0.25, 0.3) is 11.5 Å². The summed E-state index contributed by atoms with van der Waals surface area (Å²) in [6, 6.07) is 6.90. The van der Waals surface area contributed by atoms with Crippen LogP contribution in [0.4, 0.5) is 5.69 Å². The first-order chi connectivity index (χ1) is 15.5. The van der Waals surface area contributed by atoms with Crippen molar-refractivity contribution in [2.24, 2.45) is 0 Å². The topological polar surface area (TPSA) is 113 Å². The van der Waals surface area contributed by atoms with Crippen molar-refractivity contribution in [1.82, 2.24) is 15.3 Å². The molecule has 0 radical (unpaired) electrons. The van der Waals surface area contributed by atoms with Gasteiger partial charge >= 0.3 is 0 Å². The molecule has 0 aliphatic heterocycles. The molecule has 1 aliphatic carbocycles. The molecule has 2 amide bonds. The molecule has 32 heavy (non-hydrogen) atoms. The molecule has 3 aromatic rings. The monoisotopic (exact) mass is 472 g/mol. The van der Waals surface area contributed by atoms with Gasteiger partial charge in [-0.05, 0) is 43.9 Å². The lowest BCUT2D eigenvalue weighted by Crippen LogP contribution is -2.28. The van der Waals surface area contributed by atoms with E-state index in [-0.39, 0.29) is 29.7 Å². The number of hydrogen-bond acceptors (Lipinski definition) is 7. The number of aromatic amines is 1. The van der Waals surface area contributed by atoms with Crippen LogP contribution in [0.2, 0.25) is 0 Å². The lowest BCUT2D eigenvalue weighted by atomic mass is 10.2. The number of anilines is 1. The van der Waals surface area contributed by atoms with E-state index in [1.54, 1.807) is 35.6 Å². The number of H-pyrrole nitrogens is 1. The van der Waals surface area contributed by atoms with E-state index in [4.69, 9.17) is 4.74 Å². The van der Waals surface area contributed by atoms with Gasteiger partial charge in [-0.3, -0.25) is 14.4 Å². The Morgan fingerprint density at radius 2 is 2.16 bits per heavy atom. The van der Waals surface area contributed by atoms with Crippen molar-refractivity contribution in [3.63, 3.8) is 0 Å². The normalized spacial score (nSPS) is 12.5. The number of aromatic nitrogens is 2. The summed E-state index contributed by atoms with van der Waals surface area (Å²) in [5, 5.41) is 6.22. The van der Waals surface area contributed by atoms with E-state index in [9.17, 15) is 14.4 Å². The Bertz CT molecular complexity index is 1200. The number of benzene rings is 1. The Morgan fingerprint density at radius 1 is 1.28 bits per heavy atom. The van der Waals surface area contributed by atoms with Gasteiger partial charge in [-0.1, -0.05) is 6.07 Å². The van der Waals surface area contributed by atoms with Crippen LogP contribution in [-0.2, 0) is 28.2 Å². The number of rotatable bonds is 9. The smallest absolute Gasteiger partial charge is 0.259 e. The average Bonchev–Trinajstić information content (AvgIpc) is 3.34. The summed E-state index contributed by atoms with van der Waals surface area (Å²) in [6.07, 6.45) is 3.08. The third-order valence-corrected chi connectivity index (χ3v) is 7.09. The van der Waals surface area contributed by atoms with Crippen molar-refractivity contribution in [1.29, 1.82) is 0 Å². The minimum atomic E-state index is -0.199. The number of ether oxygens (including phenoxy) is 1. The Hall–Kier alpha value is -2.85. The summed E-state index contributed by atoms with van der Waals surface area (Å²) in [5.74, 6) is 1.37. The first-order valence-electron chi connectivity index (χ1n) is 10.4. The first kappa shape index (κ1) is 22.3. The second-order valence-corrected chi connectivity index (χ2v) is 9.43. The molecule has 0 spiro atoms. The minimum absolute atomic E-state index is 0.0795. The molecule has 168 valence electrons. The predicted molar refractivity (Wildman–Crippen MR) is 128 cm³/mol. The molecule has 3 N–H and O–H groups in total. The number of likely N-dealkylation sites (N-methyl/N-ethyl adjacent to an activating group) is 1. The lowest BCUT2D eigenvalue weighted by molar-refractivity contribution is -0.123. The van der Waals surface area contributed by atoms with E-state index in [1.165, 1.54) is 16.6 Å². The van der Waals surface area contributed by atoms with Gasteiger partial charge in [0.2, 0.25) is 5.91 Å². The molecule has 2 heterocycles. The van der Waals surface area contributed by atoms with Crippen LogP contribution in [-0.4, -0.2) is 40.7 Å². The van der Waals surface area contributed by atoms with Crippen molar-refractivity contribution in [2.75, 3.05) is 24.2 Å². The quantitative estimate of drug-likeness (QED) is 0.441. The van der Waals surface area contributed by atoms with Crippen LogP contribution in [0.5, 0.6) is 5.75 Å². The van der Waals surface area contributed by atoms with Crippen LogP contribution in [0.1, 0.15) is 29.6 Å². The van der Waals surface area contributed by atoms with Gasteiger partial charge < -0.3 is 20.4 Å². The fourth-order valence-corrected chi connectivity index (χ4v) is 5.58. The molecule has 0 saturated heterocycles. The maximum absolute atomic E-state index is 12.5. The highest BCUT2D eigenvalue weighted by molar-refractivity contribution is 7.99. The highest BCUT2D eigenvalue weighted by Gasteiger charge is 2.21. The van der Waals surface area contributed by atoms with E-state index in [0.717, 1.165) is 35.0 Å². The summed E-state index contributed by atoms with van der Waals surface area (Å²) >= 11 is 2.99. The van der Waals surface area contributed by atoms with E-state index >= 15 is 0 Å². The molecule has 0 unspecified atom stereocenters. The number of nitrogens with one attached hydrogen (secondary N) is 3. The van der Waals surface area contributed by atoms with Gasteiger partial charge in [-0.15, -0.1) is 23.1 Å². The van der Waals surface area contributed by atoms with Gasteiger partial charge in [0.05, 0.1) is 16.9 Å². The summed E-state index contributed by atoms with van der Waals surface area (Å²) in [4.78, 5) is 45.9. The third-order valence-electron chi connectivity index (χ3n) is 4.96. The molecule has 8 nitrogen and oxygen atoms in total. The van der Waals surface area contributed by atoms with E-state index in [1.807, 2.05) is 6.92 Å². The Kier molecular flexibility index (Phi) is 7.11. The van der Waals surface area contributed by atoms with E-state index in [2.05, 4.69) is 20.6 Å². The molecule has 0 saturated carbocycles. The molecule has 2 aromatic heterocycles. The SMILES string of the molecule is CCNC(=O)COc1cccc(NC(=O)CSCc2nc3sc4c(c3c(=O)[nH]2)CCC4)c1. The van der Waals surface area contributed by atoms with Crippen molar-refractivity contribution < 1.29 is 14.3 Å². The molecular weight excluding hydrogens is 448 g/mol. The van der Waals surface area contributed by atoms with Crippen molar-refractivity contribution in [3.05, 3.63) is 50.9 Å². The van der Waals surface area contributed by atoms with Crippen LogP contribution >= 0.6 is 23.1 Å². The largest absolute Gasteiger partial charge is 0.484 e. The van der Waals surface area contributed by atoms with Crippen molar-refractivity contribution in [2.45, 2.75) is 31.9 Å². The number of thioether (sulfide) groups is 1. The summed E-state index contributed by atoms with van der Waals surface area (Å²) in [7, 11) is 0. The number of carbonyl (C=O) groups excluding carboxylic acids is 2. The third kappa shape index (κ3) is 5.31. The molecule has 10 heteroatoms. The predicted octanol–water partition coefficient (Wildman–Crippen LogP) is 2.86. The number of fused-ring (bicyclic) bond motifs is 3. The number of thiophene rings is 1. The zero-order chi connectivity index (χ0) is 22.5. The van der Waals surface area contributed by atoms with Crippen LogP contribution in [0.15, 0.2) is 29.1 Å². The molecule has 1 aromatic carbocycles. The van der Waals surface area contributed by atoms with Crippen molar-refractivity contribution >= 4 is 50.8 Å². The standard InChI is InChI=1S/C22H24N4O4S2/c1-2-23-18(27)10-30-14-6-3-5-13(9-14)24-19(28)12-31-11-17-25-21(29)20-15-7-4-8-16(15)32-22(20)26-17/h3,5-6,9H,2,4,7-8,10-12H2,1H3,(H,23,27)(H,24,28)(H,25,26,29). The second-order valence-electron chi connectivity index (χ2n) is 7.36. The average molecular weight is 473 g/mol.